The summed E-state index contributed by atoms with van der Waals surface area (Å²) in [6.07, 6.45) is 11.8. The van der Waals surface area contributed by atoms with Crippen molar-refractivity contribution in [1.82, 2.24) is 0 Å². The van der Waals surface area contributed by atoms with Crippen molar-refractivity contribution in [3.8, 4) is 11.5 Å². The lowest BCUT2D eigenvalue weighted by Crippen LogP contribution is -2.44. The van der Waals surface area contributed by atoms with E-state index >= 15 is 0 Å². The second-order valence-electron chi connectivity index (χ2n) is 13.0. The van der Waals surface area contributed by atoms with Crippen molar-refractivity contribution >= 4 is 24.7 Å². The largest absolute Gasteiger partial charge is 0.548 e. The Kier molecular flexibility index (Phi) is 10.8. The molecule has 0 saturated carbocycles. The van der Waals surface area contributed by atoms with E-state index in [1.165, 1.54) is 30.6 Å². The van der Waals surface area contributed by atoms with Crippen LogP contribution >= 0.6 is 0 Å². The van der Waals surface area contributed by atoms with E-state index in [9.17, 15) is 0 Å². The number of unbranched alkanes of at least 4 members (excludes halogenated alkanes) is 2. The minimum absolute atomic E-state index is 0.113. The zero-order valence-electron chi connectivity index (χ0n) is 23.4. The van der Waals surface area contributed by atoms with Crippen molar-refractivity contribution in [1.29, 1.82) is 0 Å². The Bertz CT molecular complexity index is 719. The Morgan fingerprint density at radius 2 is 1.72 bits per heavy atom. The van der Waals surface area contributed by atoms with Crippen LogP contribution in [0.2, 0.25) is 57.4 Å². The smallest absolute Gasteiger partial charge is 0.241 e. The molecule has 184 valence electrons. The second kappa shape index (κ2) is 11.7. The van der Waals surface area contributed by atoms with Gasteiger partial charge in [-0.2, -0.15) is 0 Å². The topological polar surface area (TPSA) is 18.5 Å². The van der Waals surface area contributed by atoms with Crippen LogP contribution in [-0.2, 0) is 8.85 Å². The van der Waals surface area contributed by atoms with Crippen LogP contribution < -0.4 is 0 Å². The average Bonchev–Trinajstić information content (AvgIpc) is 3.01. The average molecular weight is 493 g/mol. The van der Waals surface area contributed by atoms with Gasteiger partial charge in [0.25, 0.3) is 0 Å². The predicted molar refractivity (Wildman–Crippen MR) is 151 cm³/mol. The first-order chi connectivity index (χ1) is 14.4. The molecule has 32 heavy (non-hydrogen) atoms. The van der Waals surface area contributed by atoms with Gasteiger partial charge in [-0.15, -0.1) is 5.54 Å². The predicted octanol–water partition coefficient (Wildman–Crippen LogP) is 8.91. The van der Waals surface area contributed by atoms with E-state index in [4.69, 9.17) is 8.85 Å². The van der Waals surface area contributed by atoms with Gasteiger partial charge in [-0.25, -0.2) is 0 Å². The third-order valence-corrected chi connectivity index (χ3v) is 12.4. The fourth-order valence-corrected chi connectivity index (χ4v) is 6.22. The minimum atomic E-state index is -1.90. The van der Waals surface area contributed by atoms with Crippen molar-refractivity contribution in [3.05, 3.63) is 23.5 Å². The van der Waals surface area contributed by atoms with Gasteiger partial charge in [-0.05, 0) is 62.6 Å². The molecule has 0 N–H and O–H groups in total. The summed E-state index contributed by atoms with van der Waals surface area (Å²) >= 11 is 0. The summed E-state index contributed by atoms with van der Waals surface area (Å²) in [4.78, 5) is 0. The first-order valence-electron chi connectivity index (χ1n) is 12.8. The van der Waals surface area contributed by atoms with E-state index in [1.54, 1.807) is 0 Å². The molecule has 0 radical (unpaired) electrons. The quantitative estimate of drug-likeness (QED) is 0.172. The Hall–Kier alpha value is -0.549. The fourth-order valence-electron chi connectivity index (χ4n) is 3.43. The molecule has 0 spiro atoms. The molecule has 0 fully saturated rings. The van der Waals surface area contributed by atoms with E-state index in [0.717, 1.165) is 19.3 Å². The first kappa shape index (κ1) is 29.5. The van der Waals surface area contributed by atoms with E-state index < -0.39 is 24.7 Å². The summed E-state index contributed by atoms with van der Waals surface area (Å²) in [6.45, 7) is 27.8. The van der Waals surface area contributed by atoms with Crippen LogP contribution in [0.1, 0.15) is 66.2 Å². The molecule has 2 unspecified atom stereocenters. The normalized spacial score (nSPS) is 19.3. The summed E-state index contributed by atoms with van der Waals surface area (Å²) in [5, 5.41) is 0.193. The molecule has 0 aliphatic heterocycles. The maximum atomic E-state index is 7.03. The van der Waals surface area contributed by atoms with Gasteiger partial charge in [0.1, 0.15) is 8.07 Å². The van der Waals surface area contributed by atoms with Crippen LogP contribution in [0, 0.1) is 17.4 Å². The molecule has 2 nitrogen and oxygen atoms in total. The van der Waals surface area contributed by atoms with Crippen LogP contribution in [-0.4, -0.2) is 30.8 Å². The number of hydrogen-bond donors (Lipinski definition) is 0. The Morgan fingerprint density at radius 3 is 2.22 bits per heavy atom. The lowest BCUT2D eigenvalue weighted by molar-refractivity contribution is 0.203. The van der Waals surface area contributed by atoms with Gasteiger partial charge in [0.2, 0.25) is 8.32 Å². The van der Waals surface area contributed by atoms with Crippen LogP contribution in [0.25, 0.3) is 0 Å². The molecule has 0 saturated heterocycles. The van der Waals surface area contributed by atoms with Gasteiger partial charge in [0.15, 0.2) is 8.32 Å². The molecule has 0 bridgehead atoms. The second-order valence-corrected chi connectivity index (χ2v) is 27.0. The highest BCUT2D eigenvalue weighted by Gasteiger charge is 2.39. The number of rotatable bonds is 10. The first-order valence-corrected chi connectivity index (χ1v) is 22.6. The molecule has 0 aromatic heterocycles. The summed E-state index contributed by atoms with van der Waals surface area (Å²) in [6, 6.07) is 0. The molecule has 0 aromatic rings. The minimum Gasteiger partial charge on any atom is -0.548 e. The van der Waals surface area contributed by atoms with Crippen molar-refractivity contribution in [2.24, 2.45) is 5.92 Å². The molecule has 0 amide bonds. The molecule has 1 aliphatic rings. The molecule has 1 aliphatic carbocycles. The maximum Gasteiger partial charge on any atom is 0.241 e. The van der Waals surface area contributed by atoms with Gasteiger partial charge in [0, 0.05) is 12.0 Å². The van der Waals surface area contributed by atoms with Crippen LogP contribution in [0.4, 0.5) is 0 Å². The molecule has 5 heteroatoms. The fraction of sp³-hybridized carbons (Fsp3) is 0.778. The third-order valence-electron chi connectivity index (χ3n) is 6.20. The Labute approximate surface area is 203 Å². The van der Waals surface area contributed by atoms with Crippen molar-refractivity contribution < 1.29 is 8.85 Å². The molecule has 1 rings (SSSR count). The van der Waals surface area contributed by atoms with Crippen molar-refractivity contribution in [2.75, 3.05) is 0 Å². The van der Waals surface area contributed by atoms with E-state index in [0.29, 0.717) is 5.92 Å². The lowest BCUT2D eigenvalue weighted by Gasteiger charge is -2.39. The highest BCUT2D eigenvalue weighted by atomic mass is 28.4. The summed E-state index contributed by atoms with van der Waals surface area (Å²) in [5.74, 6) is 5.26. The van der Waals surface area contributed by atoms with Crippen molar-refractivity contribution in [2.45, 2.75) is 130 Å². The Balaban J connectivity index is 3.33. The van der Waals surface area contributed by atoms with Crippen LogP contribution in [0.5, 0.6) is 0 Å². The molecular weight excluding hydrogens is 441 g/mol. The highest BCUT2D eigenvalue weighted by molar-refractivity contribution is 6.83. The third kappa shape index (κ3) is 11.0. The van der Waals surface area contributed by atoms with Gasteiger partial charge < -0.3 is 8.85 Å². The van der Waals surface area contributed by atoms with E-state index in [-0.39, 0.29) is 11.1 Å². The maximum absolute atomic E-state index is 7.03. The zero-order chi connectivity index (χ0) is 24.8. The van der Waals surface area contributed by atoms with Gasteiger partial charge in [-0.3, -0.25) is 0 Å². The van der Waals surface area contributed by atoms with Gasteiger partial charge in [-0.1, -0.05) is 78.6 Å². The van der Waals surface area contributed by atoms with E-state index in [2.05, 4.69) is 104 Å². The Morgan fingerprint density at radius 1 is 1.09 bits per heavy atom. The molecular formula is C27H52O2Si3. The monoisotopic (exact) mass is 492 g/mol. The van der Waals surface area contributed by atoms with Gasteiger partial charge >= 0.3 is 0 Å². The molecule has 2 atom stereocenters. The summed E-state index contributed by atoms with van der Waals surface area (Å²) in [5.41, 5.74) is 4.88. The number of hydrogen-bond acceptors (Lipinski definition) is 2. The van der Waals surface area contributed by atoms with Gasteiger partial charge in [0.05, 0.1) is 11.9 Å². The van der Waals surface area contributed by atoms with Crippen LogP contribution in [0.15, 0.2) is 23.5 Å². The standard InChI is InChI=1S/C27H52O2Si3/c1-13-14-15-16-26(29-32(11,12)27(2,3)4)24(19-20-30(5,6)7)21-23-17-18-25(22-23)28-31(8,9)10/h21-23,26H,13-18H2,1-12H3/b24-21+. The number of allylic oxidation sites excluding steroid dienone is 3. The van der Waals surface area contributed by atoms with Crippen LogP contribution in [0.3, 0.4) is 0 Å². The molecule has 0 heterocycles. The van der Waals surface area contributed by atoms with Crippen molar-refractivity contribution in [3.63, 3.8) is 0 Å². The summed E-state index contributed by atoms with van der Waals surface area (Å²) < 4.78 is 13.3. The van der Waals surface area contributed by atoms with E-state index in [1.807, 2.05) is 0 Å². The highest BCUT2D eigenvalue weighted by Crippen LogP contribution is 2.39. The molecule has 0 aromatic carbocycles. The zero-order valence-corrected chi connectivity index (χ0v) is 26.4. The SMILES string of the molecule is CCCCCC(O[Si](C)(C)C(C)(C)C)/C(C#C[Si](C)(C)C)=C/C1C=C(O[Si](C)(C)C)CC1. The summed E-state index contributed by atoms with van der Waals surface area (Å²) in [7, 11) is -4.94. The lowest BCUT2D eigenvalue weighted by atomic mass is 9.98.